The monoisotopic (exact) mass is 1900 g/mol. The maximum Gasteiger partial charge on any atom is 0.490 e. The number of rotatable bonds is 20. The van der Waals surface area contributed by atoms with E-state index in [2.05, 4.69) is 104 Å². The average Bonchev–Trinajstić information content (AvgIpc) is 1.70. The molecule has 3 N–H and O–H groups in total. The molecule has 46 heteroatoms. The minimum atomic E-state index is -5.08. The van der Waals surface area contributed by atoms with Crippen molar-refractivity contribution in [3.8, 4) is 71.2 Å². The van der Waals surface area contributed by atoms with Crippen molar-refractivity contribution in [1.29, 1.82) is 36.8 Å². The van der Waals surface area contributed by atoms with Crippen molar-refractivity contribution in [1.82, 2.24) is 124 Å². The molecule has 5 aromatic heterocycles. The fourth-order valence-corrected chi connectivity index (χ4v) is 14.9. The van der Waals surface area contributed by atoms with Gasteiger partial charge in [-0.05, 0) is 207 Å². The second kappa shape index (κ2) is 48.2. The largest absolute Gasteiger partial charge is 0.490 e. The number of benzene rings is 5. The van der Waals surface area contributed by atoms with E-state index in [1.807, 2.05) is 47.6 Å². The van der Waals surface area contributed by atoms with Crippen LogP contribution in [-0.2, 0) is 14.3 Å². The van der Waals surface area contributed by atoms with Crippen molar-refractivity contribution in [3.63, 3.8) is 0 Å². The molecule has 0 unspecified atom stereocenters. The lowest BCUT2D eigenvalue weighted by molar-refractivity contribution is -0.192. The summed E-state index contributed by atoms with van der Waals surface area (Å²) in [5.74, 6) is -2.24. The van der Waals surface area contributed by atoms with Crippen LogP contribution in [0.3, 0.4) is 0 Å². The van der Waals surface area contributed by atoms with Crippen LogP contribution in [-0.4, -0.2) is 310 Å². The van der Waals surface area contributed by atoms with E-state index in [0.717, 1.165) is 58.3 Å². The number of nitriles is 7. The van der Waals surface area contributed by atoms with Crippen molar-refractivity contribution >= 4 is 47.7 Å². The molecule has 5 saturated heterocycles. The van der Waals surface area contributed by atoms with Gasteiger partial charge in [0.25, 0.3) is 29.5 Å². The number of carbonyl (C=O) groups is 8. The van der Waals surface area contributed by atoms with E-state index in [1.165, 1.54) is 55.0 Å². The summed E-state index contributed by atoms with van der Waals surface area (Å²) in [4.78, 5) is 129. The first-order chi connectivity index (χ1) is 66.2. The van der Waals surface area contributed by atoms with Gasteiger partial charge in [-0.1, -0.05) is 30.3 Å². The second-order valence-electron chi connectivity index (χ2n) is 35.1. The van der Waals surface area contributed by atoms with Gasteiger partial charge < -0.3 is 64.4 Å². The molecule has 10 heterocycles. The Morgan fingerprint density at radius 1 is 0.410 bits per heavy atom. The van der Waals surface area contributed by atoms with E-state index in [1.54, 1.807) is 183 Å². The van der Waals surface area contributed by atoms with E-state index in [0.29, 0.717) is 134 Å². The van der Waals surface area contributed by atoms with Crippen LogP contribution in [0.1, 0.15) is 155 Å². The number of alkyl halides is 3. The third kappa shape index (κ3) is 30.7. The quantitative estimate of drug-likeness (QED) is 0.0607. The normalized spacial score (nSPS) is 16.1. The van der Waals surface area contributed by atoms with Crippen LogP contribution in [0.25, 0.3) is 28.4 Å². The number of hydrogen-bond acceptors (Lipinski definition) is 30. The molecular formula is C93H103F3N32O11. The van der Waals surface area contributed by atoms with E-state index in [-0.39, 0.29) is 94.5 Å². The number of carboxylic acid groups (broad SMARTS) is 1. The smallest absolute Gasteiger partial charge is 0.475 e. The van der Waals surface area contributed by atoms with Crippen molar-refractivity contribution in [2.45, 2.75) is 91.0 Å². The van der Waals surface area contributed by atoms with E-state index >= 15 is 0 Å². The molecule has 0 spiro atoms. The zero-order valence-electron chi connectivity index (χ0n) is 78.0. The van der Waals surface area contributed by atoms with Gasteiger partial charge in [-0.25, -0.2) is 62.7 Å². The molecule has 0 aliphatic carbocycles. The summed E-state index contributed by atoms with van der Waals surface area (Å²) in [6, 6.07) is 45.0. The highest BCUT2D eigenvalue weighted by Gasteiger charge is 2.39. The Balaban J connectivity index is 0.000000176. The van der Waals surface area contributed by atoms with E-state index in [9.17, 15) is 46.7 Å². The number of nitrogens with zero attached hydrogens (tertiary/aromatic N) is 30. The highest BCUT2D eigenvalue weighted by molar-refractivity contribution is 5.92. The summed E-state index contributed by atoms with van der Waals surface area (Å²) in [5, 5.41) is 97.1. The highest BCUT2D eigenvalue weighted by atomic mass is 19.4. The van der Waals surface area contributed by atoms with E-state index in [4.69, 9.17) is 56.2 Å². The Hall–Kier alpha value is -17.1. The van der Waals surface area contributed by atoms with Gasteiger partial charge in [0.05, 0.1) is 86.6 Å². The number of amides is 7. The van der Waals surface area contributed by atoms with Gasteiger partial charge in [0.15, 0.2) is 12.4 Å². The maximum atomic E-state index is 12.7. The number of halogens is 3. The summed E-state index contributed by atoms with van der Waals surface area (Å²) in [7, 11) is 6.91. The molecule has 5 aromatic carbocycles. The molecule has 0 saturated carbocycles. The number of nitrogens with one attached hydrogen (secondary N) is 2. The van der Waals surface area contributed by atoms with Crippen LogP contribution in [0.5, 0.6) is 0 Å². The number of likely N-dealkylation sites (tertiary alicyclic amines) is 4. The van der Waals surface area contributed by atoms with Gasteiger partial charge >= 0.3 is 24.3 Å². The summed E-state index contributed by atoms with van der Waals surface area (Å²) in [5.41, 5.74) is 4.88. The molecule has 722 valence electrons. The van der Waals surface area contributed by atoms with Crippen LogP contribution in [0.15, 0.2) is 153 Å². The Labute approximate surface area is 798 Å². The Kier molecular flexibility index (Phi) is 36.1. The second-order valence-corrected chi connectivity index (χ2v) is 35.1. The zero-order valence-corrected chi connectivity index (χ0v) is 78.0. The topological polar surface area (TPSA) is 545 Å². The van der Waals surface area contributed by atoms with Crippen LogP contribution >= 0.6 is 0 Å². The van der Waals surface area contributed by atoms with Crippen molar-refractivity contribution < 1.29 is 66.1 Å². The summed E-state index contributed by atoms with van der Waals surface area (Å²) in [6.07, 6.45) is 10.3. The molecule has 5 atom stereocenters. The molecule has 10 aromatic rings. The average molecular weight is 1900 g/mol. The minimum absolute atomic E-state index is 0.0503. The third-order valence-corrected chi connectivity index (χ3v) is 21.8. The summed E-state index contributed by atoms with van der Waals surface area (Å²) in [6.45, 7) is 20.9. The summed E-state index contributed by atoms with van der Waals surface area (Å²) >= 11 is 0. The molecule has 7 amide bonds. The van der Waals surface area contributed by atoms with Gasteiger partial charge in [0, 0.05) is 113 Å². The Morgan fingerprint density at radius 3 is 0.957 bits per heavy atom. The van der Waals surface area contributed by atoms with Gasteiger partial charge in [-0.15, -0.1) is 25.5 Å². The molecule has 139 heavy (non-hydrogen) atoms. The van der Waals surface area contributed by atoms with Gasteiger partial charge in [0.1, 0.15) is 42.8 Å². The third-order valence-electron chi connectivity index (χ3n) is 21.8. The van der Waals surface area contributed by atoms with E-state index < -0.39 is 23.3 Å². The number of ether oxygens (including phenoxy) is 2. The molecule has 15 rings (SSSR count). The number of aromatic nitrogens is 15. The molecule has 5 aliphatic rings. The van der Waals surface area contributed by atoms with Crippen molar-refractivity contribution in [2.75, 3.05) is 126 Å². The summed E-state index contributed by atoms with van der Waals surface area (Å²) < 4.78 is 49.9. The first kappa shape index (κ1) is 104. The number of hydrogen-bond donors (Lipinski definition) is 3. The molecule has 0 radical (unpaired) electrons. The van der Waals surface area contributed by atoms with Crippen LogP contribution in [0, 0.1) is 109 Å². The lowest BCUT2D eigenvalue weighted by Gasteiger charge is -2.25. The zero-order chi connectivity index (χ0) is 101. The molecule has 43 nitrogen and oxygen atoms in total. The maximum absolute atomic E-state index is 12.7. The number of aliphatic carboxylic acids is 1. The number of carboxylic acids is 1. The predicted octanol–water partition coefficient (Wildman–Crippen LogP) is 8.08. The Bertz CT molecular complexity index is 6170. The predicted molar refractivity (Wildman–Crippen MR) is 488 cm³/mol. The fraction of sp³-hybridized carbons (Fsp3) is 0.409. The van der Waals surface area contributed by atoms with Gasteiger partial charge in [0.2, 0.25) is 29.1 Å². The van der Waals surface area contributed by atoms with Gasteiger partial charge in [-0.3, -0.25) is 24.0 Å². The molecule has 5 aliphatic heterocycles. The van der Waals surface area contributed by atoms with Crippen LogP contribution < -0.4 is 10.6 Å². The number of carbonyl (C=O) groups excluding carboxylic acids is 7. The molecule has 5 fully saturated rings. The highest BCUT2D eigenvalue weighted by Crippen LogP contribution is 2.26. The van der Waals surface area contributed by atoms with Crippen LogP contribution in [0.2, 0.25) is 0 Å². The first-order valence-electron chi connectivity index (χ1n) is 43.9. The first-order valence-corrected chi connectivity index (χ1v) is 43.9. The standard InChI is InChI=1S/C21H26N6O3.C20H24N6O3.2C17H17N7O.C16H18N6O.C2HF3O2/c1-21(2,3)30-20(29)26-9-8-16(13-26)12-25(4)19(28)18-23-14-27(24-18)17-7-5-6-15(10-17)11-22;1-20(2,3)29-19(28)25-8-7-15(12-25)11-22-18(27)17-23-13-26(24-17)16-6-4-5-14(9-16)10-21;2*1-22(9-14-5-6-23(10-14)11-19)17(25)16-20-12-24(21-16)15-4-2-3-13(7-15)8-18;1-21(10-13-5-6-18-9-13)16(23)15-19-11-22(20-15)14-4-2-3-12(7-14)8-17;3-2(4,5)1(6)7/h5-7,10,14,16H,8-9,12-13H2,1-4H3;4-6,9,13,15H,7-8,11-12H2,1-3H3,(H,22,27);2*2-4,7,12,14H,5-6,9-10H2,1H3;2-4,7,11,13,18H,5-6,9-10H2,1H3;(H,6,7)/t16-;15-;2*14-;13-;/m11110./s1. The SMILES string of the molecule is CC(C)(C)OC(=O)N1CC[C@H](CNC(=O)c2ncn(-c3cccc(C#N)c3)n2)C1.CN(C[C@H]1CCN(C#N)C1)C(=O)c1ncn(-c2cccc(C#N)c2)n1.CN(C[C@H]1CCN(C#N)C1)C(=O)c1ncn(-c2cccc(C#N)c2)n1.CN(C[C@H]1CCN(C(=O)OC(C)(C)C)C1)C(=O)c1ncn(-c2cccc(C#N)c2)n1.CN(C[C@H]1CCNC1)C(=O)c1ncn(-c2cccc(C#N)c2)n1.O=C(O)C(F)(F)F. The minimum Gasteiger partial charge on any atom is -0.475 e. The lowest BCUT2D eigenvalue weighted by Crippen LogP contribution is -2.37. The van der Waals surface area contributed by atoms with Crippen molar-refractivity contribution in [3.05, 3.63) is 210 Å². The van der Waals surface area contributed by atoms with Crippen LogP contribution in [0.4, 0.5) is 22.8 Å². The van der Waals surface area contributed by atoms with Gasteiger partial charge in [-0.2, -0.15) is 50.0 Å². The fourth-order valence-electron chi connectivity index (χ4n) is 14.9. The molecule has 0 bridgehead atoms. The lowest BCUT2D eigenvalue weighted by atomic mass is 10.1. The Morgan fingerprint density at radius 2 is 0.683 bits per heavy atom. The molecular weight excluding hydrogens is 1800 g/mol. The van der Waals surface area contributed by atoms with Crippen molar-refractivity contribution in [2.24, 2.45) is 29.6 Å².